The SMILES string of the molecule is CCCCC#CCc1ccc(C#Cc2ccc(-c3ccc(CC)cc3)cc2)cc1. The fraction of sp³-hybridized carbons (Fsp3) is 0.241. The summed E-state index contributed by atoms with van der Waals surface area (Å²) in [7, 11) is 0. The smallest absolute Gasteiger partial charge is 0.0340 e. The Hall–Kier alpha value is -3.22. The number of rotatable bonds is 5. The van der Waals surface area contributed by atoms with Crippen molar-refractivity contribution in [3.63, 3.8) is 0 Å². The van der Waals surface area contributed by atoms with Gasteiger partial charge in [-0.3, -0.25) is 0 Å². The van der Waals surface area contributed by atoms with Crippen LogP contribution in [0.2, 0.25) is 0 Å². The molecule has 0 nitrogen and oxygen atoms in total. The highest BCUT2D eigenvalue weighted by Crippen LogP contribution is 2.20. The molecule has 0 bridgehead atoms. The van der Waals surface area contributed by atoms with Crippen molar-refractivity contribution in [3.05, 3.63) is 95.1 Å². The highest BCUT2D eigenvalue weighted by Gasteiger charge is 1.98. The maximum absolute atomic E-state index is 3.27. The average molecular weight is 377 g/mol. The van der Waals surface area contributed by atoms with Crippen LogP contribution < -0.4 is 0 Å². The van der Waals surface area contributed by atoms with Gasteiger partial charge in [-0.2, -0.15) is 0 Å². The molecule has 3 aromatic rings. The number of hydrogen-bond donors (Lipinski definition) is 0. The van der Waals surface area contributed by atoms with Gasteiger partial charge in [0.1, 0.15) is 0 Å². The predicted octanol–water partition coefficient (Wildman–Crippen LogP) is 7.05. The lowest BCUT2D eigenvalue weighted by atomic mass is 10.0. The molecular formula is C29H28. The Morgan fingerprint density at radius 3 is 1.66 bits per heavy atom. The zero-order valence-corrected chi connectivity index (χ0v) is 17.5. The van der Waals surface area contributed by atoms with Crippen LogP contribution in [0.25, 0.3) is 11.1 Å². The minimum absolute atomic E-state index is 0.818. The molecule has 0 amide bonds. The molecule has 3 rings (SSSR count). The van der Waals surface area contributed by atoms with Crippen molar-refractivity contribution in [1.82, 2.24) is 0 Å². The van der Waals surface area contributed by atoms with Gasteiger partial charge in [0.15, 0.2) is 0 Å². The zero-order chi connectivity index (χ0) is 20.3. The molecule has 0 saturated carbocycles. The van der Waals surface area contributed by atoms with Crippen LogP contribution in [0.4, 0.5) is 0 Å². The minimum Gasteiger partial charge on any atom is -0.103 e. The van der Waals surface area contributed by atoms with Crippen molar-refractivity contribution in [3.8, 4) is 34.8 Å². The molecule has 0 N–H and O–H groups in total. The first-order valence-electron chi connectivity index (χ1n) is 10.5. The van der Waals surface area contributed by atoms with Gasteiger partial charge in [-0.05, 0) is 59.4 Å². The molecule has 0 heterocycles. The van der Waals surface area contributed by atoms with Gasteiger partial charge in [-0.15, -0.1) is 5.92 Å². The third-order valence-corrected chi connectivity index (χ3v) is 4.96. The largest absolute Gasteiger partial charge is 0.103 e. The van der Waals surface area contributed by atoms with E-state index in [0.717, 1.165) is 30.4 Å². The molecule has 0 aliphatic heterocycles. The summed E-state index contributed by atoms with van der Waals surface area (Å²) in [5, 5.41) is 0. The maximum atomic E-state index is 3.27. The van der Waals surface area contributed by atoms with Crippen LogP contribution in [-0.2, 0) is 12.8 Å². The first-order valence-corrected chi connectivity index (χ1v) is 10.5. The van der Waals surface area contributed by atoms with Gasteiger partial charge < -0.3 is 0 Å². The Morgan fingerprint density at radius 1 is 0.586 bits per heavy atom. The van der Waals surface area contributed by atoms with E-state index in [2.05, 4.69) is 110 Å². The lowest BCUT2D eigenvalue weighted by molar-refractivity contribution is 0.827. The lowest BCUT2D eigenvalue weighted by Gasteiger charge is -2.03. The van der Waals surface area contributed by atoms with Crippen LogP contribution in [0, 0.1) is 23.7 Å². The number of hydrogen-bond acceptors (Lipinski definition) is 0. The molecule has 0 atom stereocenters. The monoisotopic (exact) mass is 376 g/mol. The van der Waals surface area contributed by atoms with Crippen molar-refractivity contribution in [2.45, 2.75) is 46.0 Å². The molecule has 0 aromatic heterocycles. The van der Waals surface area contributed by atoms with Gasteiger partial charge in [0.05, 0.1) is 0 Å². The summed E-state index contributed by atoms with van der Waals surface area (Å²) in [6, 6.07) is 25.7. The summed E-state index contributed by atoms with van der Waals surface area (Å²) in [6.07, 6.45) is 5.29. The van der Waals surface area contributed by atoms with Crippen molar-refractivity contribution in [2.24, 2.45) is 0 Å². The van der Waals surface area contributed by atoms with Crippen molar-refractivity contribution < 1.29 is 0 Å². The Bertz CT molecular complexity index is 1010. The van der Waals surface area contributed by atoms with E-state index in [-0.39, 0.29) is 0 Å². The summed E-state index contributed by atoms with van der Waals surface area (Å²) >= 11 is 0. The molecule has 29 heavy (non-hydrogen) atoms. The number of unbranched alkanes of at least 4 members (excludes halogenated alkanes) is 2. The van der Waals surface area contributed by atoms with Gasteiger partial charge >= 0.3 is 0 Å². The zero-order valence-electron chi connectivity index (χ0n) is 17.5. The van der Waals surface area contributed by atoms with Crippen LogP contribution >= 0.6 is 0 Å². The summed E-state index contributed by atoms with van der Waals surface area (Å²) < 4.78 is 0. The van der Waals surface area contributed by atoms with E-state index in [0.29, 0.717) is 0 Å². The molecule has 0 fully saturated rings. The summed E-state index contributed by atoms with van der Waals surface area (Å²) in [5.41, 5.74) is 7.15. The lowest BCUT2D eigenvalue weighted by Crippen LogP contribution is -1.83. The molecular weight excluding hydrogens is 348 g/mol. The van der Waals surface area contributed by atoms with Crippen molar-refractivity contribution in [1.29, 1.82) is 0 Å². The fourth-order valence-corrected chi connectivity index (χ4v) is 3.05. The minimum atomic E-state index is 0.818. The van der Waals surface area contributed by atoms with Gasteiger partial charge in [-0.25, -0.2) is 0 Å². The van der Waals surface area contributed by atoms with Gasteiger partial charge in [-0.1, -0.05) is 86.6 Å². The molecule has 0 heteroatoms. The molecule has 144 valence electrons. The molecule has 0 unspecified atom stereocenters. The first-order chi connectivity index (χ1) is 14.3. The highest BCUT2D eigenvalue weighted by atomic mass is 14.0. The van der Waals surface area contributed by atoms with Gasteiger partial charge in [0, 0.05) is 24.0 Å². The number of benzene rings is 3. The number of aryl methyl sites for hydroxylation is 1. The average Bonchev–Trinajstić information content (AvgIpc) is 2.79. The highest BCUT2D eigenvalue weighted by molar-refractivity contribution is 5.64. The van der Waals surface area contributed by atoms with Crippen LogP contribution in [0.3, 0.4) is 0 Å². The Kier molecular flexibility index (Phi) is 7.74. The second-order valence-electron chi connectivity index (χ2n) is 7.21. The van der Waals surface area contributed by atoms with E-state index in [1.54, 1.807) is 0 Å². The van der Waals surface area contributed by atoms with E-state index in [1.807, 2.05) is 0 Å². The molecule has 0 saturated heterocycles. The Balaban J connectivity index is 1.61. The van der Waals surface area contributed by atoms with Crippen LogP contribution in [0.1, 0.15) is 55.4 Å². The third kappa shape index (κ3) is 6.41. The van der Waals surface area contributed by atoms with E-state index < -0.39 is 0 Å². The Morgan fingerprint density at radius 2 is 1.10 bits per heavy atom. The van der Waals surface area contributed by atoms with Crippen LogP contribution in [-0.4, -0.2) is 0 Å². The van der Waals surface area contributed by atoms with Gasteiger partial charge in [0.25, 0.3) is 0 Å². The third-order valence-electron chi connectivity index (χ3n) is 4.96. The molecule has 3 aromatic carbocycles. The first kappa shape index (κ1) is 20.5. The molecule has 0 aliphatic carbocycles. The standard InChI is InChI=1S/C29H28/c1-3-5-6-7-8-9-25-10-12-26(13-11-25)14-15-27-18-22-29(23-19-27)28-20-16-24(4-2)17-21-28/h10-13,16-23H,3-6,9H2,1-2H3. The van der Waals surface area contributed by atoms with Crippen LogP contribution in [0.15, 0.2) is 72.8 Å². The van der Waals surface area contributed by atoms with Crippen molar-refractivity contribution >= 4 is 0 Å². The van der Waals surface area contributed by atoms with E-state index >= 15 is 0 Å². The summed E-state index contributed by atoms with van der Waals surface area (Å²) in [6.45, 7) is 4.37. The second kappa shape index (κ2) is 10.9. The Labute approximate surface area is 176 Å². The fourth-order valence-electron chi connectivity index (χ4n) is 3.05. The second-order valence-corrected chi connectivity index (χ2v) is 7.21. The van der Waals surface area contributed by atoms with E-state index in [9.17, 15) is 0 Å². The van der Waals surface area contributed by atoms with Gasteiger partial charge in [0.2, 0.25) is 0 Å². The topological polar surface area (TPSA) is 0 Å². The normalized spacial score (nSPS) is 9.86. The molecule has 0 aliphatic rings. The maximum Gasteiger partial charge on any atom is 0.0340 e. The predicted molar refractivity (Wildman–Crippen MR) is 125 cm³/mol. The summed E-state index contributed by atoms with van der Waals surface area (Å²) in [5.74, 6) is 13.0. The molecule has 0 spiro atoms. The summed E-state index contributed by atoms with van der Waals surface area (Å²) in [4.78, 5) is 0. The molecule has 0 radical (unpaired) electrons. The van der Waals surface area contributed by atoms with E-state index in [1.165, 1.54) is 35.1 Å². The van der Waals surface area contributed by atoms with Crippen molar-refractivity contribution in [2.75, 3.05) is 0 Å². The van der Waals surface area contributed by atoms with Crippen LogP contribution in [0.5, 0.6) is 0 Å². The van der Waals surface area contributed by atoms with E-state index in [4.69, 9.17) is 0 Å². The quantitative estimate of drug-likeness (QED) is 0.330.